The molecule has 1 rings (SSSR count). The van der Waals surface area contributed by atoms with E-state index < -0.39 is 17.7 Å². The maximum atomic E-state index is 12.4. The lowest BCUT2D eigenvalue weighted by atomic mass is 10.3. The summed E-state index contributed by atoms with van der Waals surface area (Å²) in [5.41, 5.74) is 4.62. The smallest absolute Gasteiger partial charge is 0.409 e. The Kier molecular flexibility index (Phi) is 2.23. The van der Waals surface area contributed by atoms with Gasteiger partial charge in [-0.1, -0.05) is 0 Å². The van der Waals surface area contributed by atoms with Crippen LogP contribution >= 0.6 is 0 Å². The van der Waals surface area contributed by atoms with E-state index in [9.17, 15) is 13.6 Å². The second-order valence-corrected chi connectivity index (χ2v) is 2.03. The topological polar surface area (TPSA) is 52.3 Å². The lowest BCUT2D eigenvalue weighted by Crippen LogP contribution is -2.16. The molecule has 3 nitrogen and oxygen atoms in total. The standard InChI is InChI=1S/C7H5F2NO2/c8-4-1-5(9)3-6(2-4)12-7(10)11/h1-3H,(H2,10,11). The fourth-order valence-corrected chi connectivity index (χ4v) is 0.704. The summed E-state index contributed by atoms with van der Waals surface area (Å²) in [7, 11) is 0. The van der Waals surface area contributed by atoms with Gasteiger partial charge in [-0.3, -0.25) is 0 Å². The summed E-state index contributed by atoms with van der Waals surface area (Å²) in [6.45, 7) is 0. The van der Waals surface area contributed by atoms with Gasteiger partial charge in [-0.15, -0.1) is 0 Å². The molecule has 1 aromatic carbocycles. The molecule has 0 aliphatic rings. The summed E-state index contributed by atoms with van der Waals surface area (Å²) in [6, 6.07) is 2.37. The van der Waals surface area contributed by atoms with Crippen molar-refractivity contribution >= 4 is 6.09 Å². The molecule has 1 aromatic rings. The zero-order chi connectivity index (χ0) is 9.14. The van der Waals surface area contributed by atoms with E-state index in [4.69, 9.17) is 0 Å². The van der Waals surface area contributed by atoms with Gasteiger partial charge in [0.05, 0.1) is 0 Å². The van der Waals surface area contributed by atoms with Gasteiger partial charge in [0.1, 0.15) is 17.4 Å². The third-order valence-electron chi connectivity index (χ3n) is 1.05. The largest absolute Gasteiger partial charge is 0.410 e. The number of hydrogen-bond acceptors (Lipinski definition) is 2. The van der Waals surface area contributed by atoms with Crippen LogP contribution in [0.4, 0.5) is 13.6 Å². The highest BCUT2D eigenvalue weighted by atomic mass is 19.1. The maximum Gasteiger partial charge on any atom is 0.409 e. The van der Waals surface area contributed by atoms with Crippen LogP contribution in [0.3, 0.4) is 0 Å². The molecule has 1 amide bonds. The molecule has 0 saturated carbocycles. The second kappa shape index (κ2) is 3.17. The highest BCUT2D eigenvalue weighted by Gasteiger charge is 2.03. The fourth-order valence-electron chi connectivity index (χ4n) is 0.704. The first kappa shape index (κ1) is 8.45. The summed E-state index contributed by atoms with van der Waals surface area (Å²) in [6.07, 6.45) is -1.11. The van der Waals surface area contributed by atoms with Gasteiger partial charge < -0.3 is 10.5 Å². The van der Waals surface area contributed by atoms with Crippen LogP contribution < -0.4 is 10.5 Å². The van der Waals surface area contributed by atoms with E-state index in [1.807, 2.05) is 0 Å². The average Bonchev–Trinajstić information content (AvgIpc) is 1.81. The minimum atomic E-state index is -1.11. The van der Waals surface area contributed by atoms with Gasteiger partial charge in [-0.25, -0.2) is 13.6 Å². The molecule has 0 heterocycles. The molecule has 0 aliphatic heterocycles. The van der Waals surface area contributed by atoms with Gasteiger partial charge in [-0.05, 0) is 0 Å². The SMILES string of the molecule is NC(=O)Oc1cc(F)cc(F)c1. The number of rotatable bonds is 1. The number of nitrogens with two attached hydrogens (primary N) is 1. The molecule has 12 heavy (non-hydrogen) atoms. The molecule has 64 valence electrons. The molecule has 0 aliphatic carbocycles. The summed E-state index contributed by atoms with van der Waals surface area (Å²) in [5, 5.41) is 0. The highest BCUT2D eigenvalue weighted by Crippen LogP contribution is 2.14. The Hall–Kier alpha value is -1.65. The van der Waals surface area contributed by atoms with Crippen molar-refractivity contribution in [2.45, 2.75) is 0 Å². The third-order valence-corrected chi connectivity index (χ3v) is 1.05. The minimum Gasteiger partial charge on any atom is -0.410 e. The van der Waals surface area contributed by atoms with Crippen molar-refractivity contribution in [2.75, 3.05) is 0 Å². The van der Waals surface area contributed by atoms with Crippen LogP contribution in [0.15, 0.2) is 18.2 Å². The minimum absolute atomic E-state index is 0.250. The second-order valence-electron chi connectivity index (χ2n) is 2.03. The van der Waals surface area contributed by atoms with Crippen molar-refractivity contribution in [3.8, 4) is 5.75 Å². The fraction of sp³-hybridized carbons (Fsp3) is 0. The van der Waals surface area contributed by atoms with Crippen LogP contribution in [0.1, 0.15) is 0 Å². The maximum absolute atomic E-state index is 12.4. The Morgan fingerprint density at radius 1 is 1.25 bits per heavy atom. The lowest BCUT2D eigenvalue weighted by Gasteiger charge is -1.99. The van der Waals surface area contributed by atoms with Gasteiger partial charge in [0, 0.05) is 18.2 Å². The number of carbonyl (C=O) groups is 1. The number of halogens is 2. The molecule has 0 aromatic heterocycles. The Morgan fingerprint density at radius 3 is 2.17 bits per heavy atom. The Bertz CT molecular complexity index is 294. The molecule has 0 bridgehead atoms. The zero-order valence-electron chi connectivity index (χ0n) is 5.88. The molecule has 0 unspecified atom stereocenters. The van der Waals surface area contributed by atoms with Gasteiger partial charge in [-0.2, -0.15) is 0 Å². The monoisotopic (exact) mass is 173 g/mol. The van der Waals surface area contributed by atoms with Gasteiger partial charge >= 0.3 is 6.09 Å². The first-order chi connectivity index (χ1) is 5.58. The number of amides is 1. The molecular weight excluding hydrogens is 168 g/mol. The molecule has 5 heteroatoms. The van der Waals surface area contributed by atoms with E-state index in [-0.39, 0.29) is 5.75 Å². The summed E-state index contributed by atoms with van der Waals surface area (Å²) in [5.74, 6) is -1.91. The first-order valence-electron chi connectivity index (χ1n) is 3.01. The van der Waals surface area contributed by atoms with Crippen LogP contribution in [0.5, 0.6) is 5.75 Å². The number of benzene rings is 1. The van der Waals surface area contributed by atoms with Crippen LogP contribution in [-0.2, 0) is 0 Å². The molecule has 0 atom stereocenters. The van der Waals surface area contributed by atoms with Crippen molar-refractivity contribution in [3.05, 3.63) is 29.8 Å². The van der Waals surface area contributed by atoms with E-state index >= 15 is 0 Å². The van der Waals surface area contributed by atoms with E-state index in [1.54, 1.807) is 0 Å². The van der Waals surface area contributed by atoms with E-state index in [2.05, 4.69) is 10.5 Å². The molecular formula is C7H5F2NO2. The normalized spacial score (nSPS) is 9.50. The van der Waals surface area contributed by atoms with Crippen LogP contribution in [0.2, 0.25) is 0 Å². The molecule has 0 spiro atoms. The summed E-state index contributed by atoms with van der Waals surface area (Å²) < 4.78 is 29.0. The quantitative estimate of drug-likeness (QED) is 0.698. The average molecular weight is 173 g/mol. The number of carbonyl (C=O) groups excluding carboxylic acids is 1. The zero-order valence-corrected chi connectivity index (χ0v) is 5.88. The molecule has 0 fully saturated rings. The molecule has 0 saturated heterocycles. The van der Waals surface area contributed by atoms with Crippen LogP contribution in [0, 0.1) is 11.6 Å². The highest BCUT2D eigenvalue weighted by molar-refractivity contribution is 5.67. The van der Waals surface area contributed by atoms with Crippen molar-refractivity contribution in [2.24, 2.45) is 5.73 Å². The van der Waals surface area contributed by atoms with Crippen molar-refractivity contribution < 1.29 is 18.3 Å². The van der Waals surface area contributed by atoms with Crippen LogP contribution in [0.25, 0.3) is 0 Å². The van der Waals surface area contributed by atoms with E-state index in [0.29, 0.717) is 6.07 Å². The van der Waals surface area contributed by atoms with Crippen molar-refractivity contribution in [1.29, 1.82) is 0 Å². The Morgan fingerprint density at radius 2 is 1.75 bits per heavy atom. The molecule has 0 radical (unpaired) electrons. The van der Waals surface area contributed by atoms with Crippen molar-refractivity contribution in [1.82, 2.24) is 0 Å². The van der Waals surface area contributed by atoms with Gasteiger partial charge in [0.2, 0.25) is 0 Å². The van der Waals surface area contributed by atoms with Crippen molar-refractivity contribution in [3.63, 3.8) is 0 Å². The Balaban J connectivity index is 2.93. The van der Waals surface area contributed by atoms with E-state index in [0.717, 1.165) is 12.1 Å². The van der Waals surface area contributed by atoms with Crippen LogP contribution in [-0.4, -0.2) is 6.09 Å². The van der Waals surface area contributed by atoms with E-state index in [1.165, 1.54) is 0 Å². The van der Waals surface area contributed by atoms with Gasteiger partial charge in [0.15, 0.2) is 0 Å². The number of ether oxygens (including phenoxy) is 1. The third kappa shape index (κ3) is 2.19. The predicted octanol–water partition coefficient (Wildman–Crippen LogP) is 1.42. The summed E-state index contributed by atoms with van der Waals surface area (Å²) >= 11 is 0. The predicted molar refractivity (Wildman–Crippen MR) is 36.6 cm³/mol. The first-order valence-corrected chi connectivity index (χ1v) is 3.01. The molecule has 2 N–H and O–H groups in total. The number of primary amides is 1. The summed E-state index contributed by atoms with van der Waals surface area (Å²) in [4.78, 5) is 10.1. The number of hydrogen-bond donors (Lipinski definition) is 1. The Labute approximate surface area is 66.7 Å². The van der Waals surface area contributed by atoms with Gasteiger partial charge in [0.25, 0.3) is 0 Å². The lowest BCUT2D eigenvalue weighted by molar-refractivity contribution is 0.210.